The predicted molar refractivity (Wildman–Crippen MR) is 61.9 cm³/mol. The first-order valence-electron chi connectivity index (χ1n) is 5.15. The lowest BCUT2D eigenvalue weighted by atomic mass is 10.2. The van der Waals surface area contributed by atoms with Gasteiger partial charge in [0.05, 0.1) is 6.10 Å². The van der Waals surface area contributed by atoms with Crippen molar-refractivity contribution in [2.24, 2.45) is 0 Å². The Morgan fingerprint density at radius 2 is 2.47 bits per heavy atom. The van der Waals surface area contributed by atoms with Crippen LogP contribution >= 0.6 is 11.3 Å². The van der Waals surface area contributed by atoms with Gasteiger partial charge in [-0.3, -0.25) is 4.79 Å². The largest absolute Gasteiger partial charge is 0.392 e. The molecule has 1 rings (SSSR count). The highest BCUT2D eigenvalue weighted by Crippen LogP contribution is 2.11. The van der Waals surface area contributed by atoms with Gasteiger partial charge in [0.2, 0.25) is 5.91 Å². The fraction of sp³-hybridized carbons (Fsp3) is 0.545. The number of aliphatic hydroxyl groups is 1. The van der Waals surface area contributed by atoms with Crippen LogP contribution in [0.1, 0.15) is 24.6 Å². The summed E-state index contributed by atoms with van der Waals surface area (Å²) in [5, 5.41) is 13.7. The number of nitrogens with one attached hydrogen (secondary N) is 1. The van der Waals surface area contributed by atoms with Crippen LogP contribution in [0, 0.1) is 0 Å². The molecule has 0 aromatic carbocycles. The zero-order valence-electron chi connectivity index (χ0n) is 8.90. The number of rotatable bonds is 6. The van der Waals surface area contributed by atoms with Gasteiger partial charge >= 0.3 is 0 Å². The normalized spacial score (nSPS) is 12.4. The molecule has 4 heteroatoms. The van der Waals surface area contributed by atoms with Crippen molar-refractivity contribution in [3.05, 3.63) is 22.4 Å². The third-order valence-electron chi connectivity index (χ3n) is 2.00. The SMILES string of the molecule is C[C@@H](O)CNC(=O)CCCc1cccs1. The molecule has 1 aromatic rings. The van der Waals surface area contributed by atoms with Crippen molar-refractivity contribution in [1.29, 1.82) is 0 Å². The summed E-state index contributed by atoms with van der Waals surface area (Å²) in [6.07, 6.45) is 1.89. The van der Waals surface area contributed by atoms with E-state index < -0.39 is 6.10 Å². The summed E-state index contributed by atoms with van der Waals surface area (Å²) in [6, 6.07) is 4.10. The van der Waals surface area contributed by atoms with E-state index in [0.29, 0.717) is 13.0 Å². The van der Waals surface area contributed by atoms with Crippen molar-refractivity contribution in [3.8, 4) is 0 Å². The Labute approximate surface area is 94.1 Å². The predicted octanol–water partition coefficient (Wildman–Crippen LogP) is 1.57. The lowest BCUT2D eigenvalue weighted by Crippen LogP contribution is -2.30. The third kappa shape index (κ3) is 5.54. The Bertz CT molecular complexity index is 283. The molecule has 15 heavy (non-hydrogen) atoms. The Balaban J connectivity index is 2.07. The van der Waals surface area contributed by atoms with Gasteiger partial charge in [-0.05, 0) is 31.2 Å². The van der Waals surface area contributed by atoms with Crippen molar-refractivity contribution < 1.29 is 9.90 Å². The van der Waals surface area contributed by atoms with Gasteiger partial charge in [-0.2, -0.15) is 0 Å². The second-order valence-corrected chi connectivity index (χ2v) is 4.62. The quantitative estimate of drug-likeness (QED) is 0.775. The Kier molecular flexibility index (Phi) is 5.36. The summed E-state index contributed by atoms with van der Waals surface area (Å²) in [5.74, 6) is 0.0208. The van der Waals surface area contributed by atoms with Gasteiger partial charge in [-0.25, -0.2) is 0 Å². The molecule has 0 spiro atoms. The molecule has 0 unspecified atom stereocenters. The topological polar surface area (TPSA) is 49.3 Å². The molecular formula is C11H17NO2S. The van der Waals surface area contributed by atoms with Crippen molar-refractivity contribution in [3.63, 3.8) is 0 Å². The number of hydrogen-bond donors (Lipinski definition) is 2. The highest BCUT2D eigenvalue weighted by Gasteiger charge is 2.03. The molecule has 1 amide bonds. The minimum absolute atomic E-state index is 0.0208. The van der Waals surface area contributed by atoms with Gasteiger partial charge in [0.1, 0.15) is 0 Å². The van der Waals surface area contributed by atoms with Gasteiger partial charge in [0, 0.05) is 17.8 Å². The highest BCUT2D eigenvalue weighted by atomic mass is 32.1. The molecule has 0 aliphatic carbocycles. The molecular weight excluding hydrogens is 210 g/mol. The number of carbonyl (C=O) groups excluding carboxylic acids is 1. The molecule has 0 bridgehead atoms. The summed E-state index contributed by atoms with van der Waals surface area (Å²) in [4.78, 5) is 12.6. The Morgan fingerprint density at radius 3 is 3.07 bits per heavy atom. The van der Waals surface area contributed by atoms with Gasteiger partial charge in [-0.15, -0.1) is 11.3 Å². The Morgan fingerprint density at radius 1 is 1.67 bits per heavy atom. The van der Waals surface area contributed by atoms with Crippen LogP contribution in [0.15, 0.2) is 17.5 Å². The van der Waals surface area contributed by atoms with E-state index >= 15 is 0 Å². The van der Waals surface area contributed by atoms with Crippen LogP contribution in [0.25, 0.3) is 0 Å². The van der Waals surface area contributed by atoms with Gasteiger partial charge in [-0.1, -0.05) is 6.07 Å². The van der Waals surface area contributed by atoms with Crippen molar-refractivity contribution in [2.75, 3.05) is 6.54 Å². The van der Waals surface area contributed by atoms with Crippen LogP contribution in [0.2, 0.25) is 0 Å². The molecule has 0 saturated heterocycles. The molecule has 1 aromatic heterocycles. The summed E-state index contributed by atoms with van der Waals surface area (Å²) in [5.41, 5.74) is 0. The third-order valence-corrected chi connectivity index (χ3v) is 2.94. The summed E-state index contributed by atoms with van der Waals surface area (Å²) >= 11 is 1.72. The Hall–Kier alpha value is -0.870. The van der Waals surface area contributed by atoms with Gasteiger partial charge < -0.3 is 10.4 Å². The minimum atomic E-state index is -0.466. The van der Waals surface area contributed by atoms with E-state index in [1.54, 1.807) is 18.3 Å². The maximum absolute atomic E-state index is 11.3. The monoisotopic (exact) mass is 227 g/mol. The van der Waals surface area contributed by atoms with Gasteiger partial charge in [0.15, 0.2) is 0 Å². The van der Waals surface area contributed by atoms with Crippen LogP contribution in [-0.4, -0.2) is 23.7 Å². The lowest BCUT2D eigenvalue weighted by molar-refractivity contribution is -0.121. The fourth-order valence-corrected chi connectivity index (χ4v) is 1.98. The van der Waals surface area contributed by atoms with Crippen LogP contribution in [0.5, 0.6) is 0 Å². The first-order valence-corrected chi connectivity index (χ1v) is 6.03. The van der Waals surface area contributed by atoms with E-state index in [9.17, 15) is 4.79 Å². The smallest absolute Gasteiger partial charge is 0.220 e. The van der Waals surface area contributed by atoms with Gasteiger partial charge in [0.25, 0.3) is 0 Å². The van der Waals surface area contributed by atoms with Crippen molar-refractivity contribution >= 4 is 17.2 Å². The summed E-state index contributed by atoms with van der Waals surface area (Å²) < 4.78 is 0. The van der Waals surface area contributed by atoms with E-state index in [4.69, 9.17) is 5.11 Å². The van der Waals surface area contributed by atoms with E-state index in [1.807, 2.05) is 11.4 Å². The number of aliphatic hydroxyl groups excluding tert-OH is 1. The van der Waals surface area contributed by atoms with E-state index in [-0.39, 0.29) is 5.91 Å². The van der Waals surface area contributed by atoms with Crippen LogP contribution in [0.4, 0.5) is 0 Å². The lowest BCUT2D eigenvalue weighted by Gasteiger charge is -2.06. The van der Waals surface area contributed by atoms with E-state index in [0.717, 1.165) is 12.8 Å². The second kappa shape index (κ2) is 6.58. The van der Waals surface area contributed by atoms with E-state index in [1.165, 1.54) is 4.88 Å². The average molecular weight is 227 g/mol. The molecule has 0 saturated carbocycles. The molecule has 3 nitrogen and oxygen atoms in total. The van der Waals surface area contributed by atoms with Crippen LogP contribution < -0.4 is 5.32 Å². The fourth-order valence-electron chi connectivity index (χ4n) is 1.23. The summed E-state index contributed by atoms with van der Waals surface area (Å²) in [7, 11) is 0. The molecule has 1 atom stereocenters. The highest BCUT2D eigenvalue weighted by molar-refractivity contribution is 7.09. The number of aryl methyl sites for hydroxylation is 1. The molecule has 1 heterocycles. The van der Waals surface area contributed by atoms with Crippen LogP contribution in [-0.2, 0) is 11.2 Å². The molecule has 84 valence electrons. The minimum Gasteiger partial charge on any atom is -0.392 e. The maximum atomic E-state index is 11.3. The molecule has 0 fully saturated rings. The number of thiophene rings is 1. The zero-order valence-corrected chi connectivity index (χ0v) is 9.72. The average Bonchev–Trinajstić information content (AvgIpc) is 2.67. The summed E-state index contributed by atoms with van der Waals surface area (Å²) in [6.45, 7) is 2.00. The molecule has 2 N–H and O–H groups in total. The first-order chi connectivity index (χ1) is 7.18. The molecule has 0 aliphatic heterocycles. The van der Waals surface area contributed by atoms with Crippen LogP contribution in [0.3, 0.4) is 0 Å². The molecule has 0 aliphatic rings. The number of carbonyl (C=O) groups is 1. The van der Waals surface area contributed by atoms with Crippen molar-refractivity contribution in [2.45, 2.75) is 32.3 Å². The van der Waals surface area contributed by atoms with Crippen molar-refractivity contribution in [1.82, 2.24) is 5.32 Å². The standard InChI is InChI=1S/C11H17NO2S/c1-9(13)8-12-11(14)6-2-4-10-5-3-7-15-10/h3,5,7,9,13H,2,4,6,8H2,1H3,(H,12,14)/t9-/m1/s1. The first kappa shape index (κ1) is 12.2. The maximum Gasteiger partial charge on any atom is 0.220 e. The van der Waals surface area contributed by atoms with E-state index in [2.05, 4.69) is 11.4 Å². The molecule has 0 radical (unpaired) electrons. The number of hydrogen-bond acceptors (Lipinski definition) is 3. The number of amides is 1. The second-order valence-electron chi connectivity index (χ2n) is 3.59. The zero-order chi connectivity index (χ0) is 11.1.